The average molecular weight is 688 g/mol. The number of carboxylic acids is 2. The highest BCUT2D eigenvalue weighted by atomic mass is 16.5. The third-order valence-corrected chi connectivity index (χ3v) is 9.11. The van der Waals surface area contributed by atoms with Gasteiger partial charge in [0, 0.05) is 24.9 Å². The van der Waals surface area contributed by atoms with Gasteiger partial charge in [0.15, 0.2) is 0 Å². The lowest BCUT2D eigenvalue weighted by Crippen LogP contribution is -2.43. The summed E-state index contributed by atoms with van der Waals surface area (Å²) in [6, 6.07) is 37.9. The first-order valence-corrected chi connectivity index (χ1v) is 16.8. The van der Waals surface area contributed by atoms with E-state index in [1.54, 1.807) is 17.0 Å². The molecule has 0 fully saturated rings. The summed E-state index contributed by atoms with van der Waals surface area (Å²) >= 11 is 0. The molecule has 0 aliphatic carbocycles. The molecule has 51 heavy (non-hydrogen) atoms. The van der Waals surface area contributed by atoms with Crippen molar-refractivity contribution < 1.29 is 38.9 Å². The first kappa shape index (κ1) is 36.3. The van der Waals surface area contributed by atoms with Crippen molar-refractivity contribution in [2.75, 3.05) is 7.11 Å². The summed E-state index contributed by atoms with van der Waals surface area (Å²) in [6.07, 6.45) is -0.647. The second kappa shape index (κ2) is 17.1. The molecule has 5 aromatic rings. The Labute approximate surface area is 297 Å². The highest BCUT2D eigenvalue weighted by Crippen LogP contribution is 2.31. The molecule has 0 saturated carbocycles. The van der Waals surface area contributed by atoms with Crippen LogP contribution >= 0.6 is 0 Å². The highest BCUT2D eigenvalue weighted by Gasteiger charge is 2.33. The predicted octanol–water partition coefficient (Wildman–Crippen LogP) is 7.51. The smallest absolute Gasteiger partial charge is 0.337 e. The van der Waals surface area contributed by atoms with Gasteiger partial charge in [-0.2, -0.15) is 0 Å². The minimum Gasteiger partial charge on any atom is -0.489 e. The molecule has 0 saturated heterocycles. The molecule has 0 bridgehead atoms. The Morgan fingerprint density at radius 1 is 0.706 bits per heavy atom. The van der Waals surface area contributed by atoms with Crippen LogP contribution in [0.2, 0.25) is 0 Å². The monoisotopic (exact) mass is 687 g/mol. The Morgan fingerprint density at radius 3 is 2.08 bits per heavy atom. The van der Waals surface area contributed by atoms with Crippen LogP contribution < -0.4 is 4.74 Å². The number of benzene rings is 5. The number of esters is 1. The van der Waals surface area contributed by atoms with E-state index in [4.69, 9.17) is 9.47 Å². The van der Waals surface area contributed by atoms with Crippen molar-refractivity contribution in [3.05, 3.63) is 149 Å². The third-order valence-electron chi connectivity index (χ3n) is 9.11. The Hall–Kier alpha value is -5.96. The van der Waals surface area contributed by atoms with Crippen LogP contribution in [0.3, 0.4) is 0 Å². The minimum atomic E-state index is -1.39. The Balaban J connectivity index is 1.51. The van der Waals surface area contributed by atoms with Gasteiger partial charge in [0.1, 0.15) is 12.4 Å². The number of carboxylic acid groups (broad SMARTS) is 2. The number of hydrogen-bond donors (Lipinski definition) is 2. The first-order valence-electron chi connectivity index (χ1n) is 16.8. The fourth-order valence-electron chi connectivity index (χ4n) is 6.33. The van der Waals surface area contributed by atoms with Crippen LogP contribution in [0.15, 0.2) is 121 Å². The van der Waals surface area contributed by atoms with Crippen LogP contribution in [0.1, 0.15) is 58.3 Å². The number of fused-ring (bicyclic) bond motifs is 1. The summed E-state index contributed by atoms with van der Waals surface area (Å²) in [6.45, 7) is 2.46. The molecular weight excluding hydrogens is 646 g/mol. The number of carbonyl (C=O) groups excluding carboxylic acids is 2. The number of rotatable bonds is 16. The van der Waals surface area contributed by atoms with Gasteiger partial charge in [-0.3, -0.25) is 14.4 Å². The number of aliphatic carboxylic acids is 2. The molecule has 0 aliphatic heterocycles. The van der Waals surface area contributed by atoms with Crippen LogP contribution in [0, 0.1) is 5.92 Å². The Bertz CT molecular complexity index is 1970. The van der Waals surface area contributed by atoms with E-state index in [2.05, 4.69) is 6.07 Å². The molecule has 9 nitrogen and oxygen atoms in total. The van der Waals surface area contributed by atoms with E-state index < -0.39 is 48.6 Å². The lowest BCUT2D eigenvalue weighted by atomic mass is 9.84. The molecule has 5 rings (SSSR count). The second-order valence-electron chi connectivity index (χ2n) is 12.6. The van der Waals surface area contributed by atoms with E-state index >= 15 is 0 Å². The van der Waals surface area contributed by atoms with Gasteiger partial charge in [-0.25, -0.2) is 4.79 Å². The van der Waals surface area contributed by atoms with Crippen LogP contribution in [-0.4, -0.2) is 52.1 Å². The average Bonchev–Trinajstić information content (AvgIpc) is 3.14. The number of carbonyl (C=O) groups is 4. The lowest BCUT2D eigenvalue weighted by Gasteiger charge is -2.36. The zero-order valence-electron chi connectivity index (χ0n) is 28.6. The van der Waals surface area contributed by atoms with Crippen molar-refractivity contribution in [2.45, 2.75) is 51.3 Å². The van der Waals surface area contributed by atoms with Crippen molar-refractivity contribution >= 4 is 34.6 Å². The van der Waals surface area contributed by atoms with Gasteiger partial charge in [-0.05, 0) is 76.7 Å². The molecule has 2 N–H and O–H groups in total. The van der Waals surface area contributed by atoms with Gasteiger partial charge in [0.2, 0.25) is 5.91 Å². The molecule has 5 aromatic carbocycles. The summed E-state index contributed by atoms with van der Waals surface area (Å²) in [5, 5.41) is 21.3. The van der Waals surface area contributed by atoms with E-state index in [0.717, 1.165) is 38.8 Å². The third kappa shape index (κ3) is 9.82. The summed E-state index contributed by atoms with van der Waals surface area (Å²) in [7, 11) is 1.32. The summed E-state index contributed by atoms with van der Waals surface area (Å²) < 4.78 is 10.9. The quantitative estimate of drug-likeness (QED) is 0.102. The van der Waals surface area contributed by atoms with Gasteiger partial charge in [0.05, 0.1) is 25.0 Å². The SMILES string of the molecule is COC(=O)c1ccc(C(Cc2cccc(COc3ccccc3)c2)C(C)N(Cc2ccc3ccccc3c2)C(=O)C[C@H](CC(=O)O)C(=O)O)cc1. The number of para-hydroxylation sites is 1. The van der Waals surface area contributed by atoms with Crippen molar-refractivity contribution in [3.63, 3.8) is 0 Å². The number of hydrogen-bond acceptors (Lipinski definition) is 6. The maximum absolute atomic E-state index is 14.2. The molecular formula is C42H41NO8. The van der Waals surface area contributed by atoms with Crippen LogP contribution in [0.25, 0.3) is 10.8 Å². The largest absolute Gasteiger partial charge is 0.489 e. The van der Waals surface area contributed by atoms with Gasteiger partial charge in [-0.1, -0.05) is 91.0 Å². The molecule has 0 aromatic heterocycles. The highest BCUT2D eigenvalue weighted by molar-refractivity contribution is 5.89. The van der Waals surface area contributed by atoms with Gasteiger partial charge >= 0.3 is 17.9 Å². The van der Waals surface area contributed by atoms with E-state index in [1.807, 2.05) is 110 Å². The fraction of sp³-hybridized carbons (Fsp3) is 0.238. The van der Waals surface area contributed by atoms with Gasteiger partial charge < -0.3 is 24.6 Å². The zero-order valence-corrected chi connectivity index (χ0v) is 28.6. The zero-order chi connectivity index (χ0) is 36.3. The topological polar surface area (TPSA) is 130 Å². The summed E-state index contributed by atoms with van der Waals surface area (Å²) in [5.41, 5.74) is 4.04. The first-order chi connectivity index (χ1) is 24.6. The van der Waals surface area contributed by atoms with E-state index in [-0.39, 0.29) is 12.5 Å². The Kier molecular flexibility index (Phi) is 12.2. The lowest BCUT2D eigenvalue weighted by molar-refractivity contribution is -0.151. The van der Waals surface area contributed by atoms with E-state index in [1.165, 1.54) is 7.11 Å². The van der Waals surface area contributed by atoms with Crippen LogP contribution in [0.4, 0.5) is 0 Å². The molecule has 1 amide bonds. The van der Waals surface area contributed by atoms with Crippen molar-refractivity contribution in [3.8, 4) is 5.75 Å². The normalized spacial score (nSPS) is 12.7. The van der Waals surface area contributed by atoms with Crippen molar-refractivity contribution in [2.24, 2.45) is 5.92 Å². The maximum atomic E-state index is 14.2. The Morgan fingerprint density at radius 2 is 1.39 bits per heavy atom. The second-order valence-corrected chi connectivity index (χ2v) is 12.6. The number of ether oxygens (including phenoxy) is 2. The summed E-state index contributed by atoms with van der Waals surface area (Å²) in [5.74, 6) is -4.51. The number of nitrogens with zero attached hydrogens (tertiary/aromatic N) is 1. The van der Waals surface area contributed by atoms with E-state index in [9.17, 15) is 29.4 Å². The van der Waals surface area contributed by atoms with Crippen LogP contribution in [0.5, 0.6) is 5.75 Å². The molecule has 0 radical (unpaired) electrons. The molecule has 0 heterocycles. The van der Waals surface area contributed by atoms with Crippen molar-refractivity contribution in [1.82, 2.24) is 4.90 Å². The fourth-order valence-corrected chi connectivity index (χ4v) is 6.33. The molecule has 2 unspecified atom stereocenters. The molecule has 0 spiro atoms. The molecule has 0 aliphatic rings. The molecule has 262 valence electrons. The number of methoxy groups -OCH3 is 1. The number of amides is 1. The van der Waals surface area contributed by atoms with Crippen LogP contribution in [-0.2, 0) is 38.7 Å². The standard InChI is InChI=1S/C42H41NO8/c1-28(43(39(44)24-36(41(47)48)25-40(45)46)26-30-15-16-32-11-6-7-12-35(32)22-30)38(33-17-19-34(20-18-33)42(49)50-2)23-29-9-8-10-31(21-29)27-51-37-13-4-3-5-14-37/h3-22,28,36,38H,23-27H2,1-2H3,(H,45,46)(H,47,48)/t28?,36-,38?/m1/s1. The maximum Gasteiger partial charge on any atom is 0.337 e. The van der Waals surface area contributed by atoms with E-state index in [0.29, 0.717) is 18.6 Å². The van der Waals surface area contributed by atoms with Gasteiger partial charge in [-0.15, -0.1) is 0 Å². The molecule has 3 atom stereocenters. The molecule has 9 heteroatoms. The summed E-state index contributed by atoms with van der Waals surface area (Å²) in [4.78, 5) is 51.7. The van der Waals surface area contributed by atoms with Crippen molar-refractivity contribution in [1.29, 1.82) is 0 Å². The predicted molar refractivity (Wildman–Crippen MR) is 193 cm³/mol. The van der Waals surface area contributed by atoms with Gasteiger partial charge in [0.25, 0.3) is 0 Å². The minimum absolute atomic E-state index is 0.173.